The summed E-state index contributed by atoms with van der Waals surface area (Å²) in [5.41, 5.74) is 1.02. The molecule has 12 heteroatoms. The number of benzene rings is 6. The van der Waals surface area contributed by atoms with Gasteiger partial charge in [-0.3, -0.25) is 14.4 Å². The summed E-state index contributed by atoms with van der Waals surface area (Å²) in [7, 11) is 0. The minimum absolute atomic E-state index is 0.00843. The van der Waals surface area contributed by atoms with E-state index >= 15 is 0 Å². The third-order valence-electron chi connectivity index (χ3n) is 9.64. The molecular weight excluding hydrogens is 728 g/mol. The zero-order valence-electron chi connectivity index (χ0n) is 29.7. The van der Waals surface area contributed by atoms with Crippen molar-refractivity contribution in [3.63, 3.8) is 0 Å². The molecule has 0 saturated carbocycles. The molecule has 0 bridgehead atoms. The normalized spacial score (nSPS) is 15.0. The van der Waals surface area contributed by atoms with E-state index < -0.39 is 42.2 Å². The van der Waals surface area contributed by atoms with Crippen molar-refractivity contribution in [1.29, 1.82) is 0 Å². The molecule has 0 saturated heterocycles. The standard InChI is InChI=1S/C43H29ClO11/c1-21-25-10-5-7-12-27(25)39(28-13-8-6-11-26(21)28)30-16-32-36(18-35(30)52-23(3)46)54-37-19-38(53-24(4)47)34(44)17-33(37)43(32)31-15-9-14-29(40(31)42(49)55-43)41(48)51-20-50-22(2)45/h5-19H,20H2,1-4H3. The van der Waals surface area contributed by atoms with Crippen LogP contribution in [0.25, 0.3) is 32.7 Å². The first kappa shape index (κ1) is 35.3. The Morgan fingerprint density at radius 2 is 1.24 bits per heavy atom. The number of fused-ring (bicyclic) bond motifs is 8. The van der Waals surface area contributed by atoms with Crippen LogP contribution in [0.5, 0.6) is 23.0 Å². The Morgan fingerprint density at radius 1 is 0.655 bits per heavy atom. The first-order chi connectivity index (χ1) is 26.4. The molecule has 274 valence electrons. The molecular formula is C43H29ClO11. The predicted molar refractivity (Wildman–Crippen MR) is 200 cm³/mol. The van der Waals surface area contributed by atoms with Crippen LogP contribution in [0.2, 0.25) is 5.02 Å². The average molecular weight is 757 g/mol. The summed E-state index contributed by atoms with van der Waals surface area (Å²) in [6.45, 7) is 5.04. The monoisotopic (exact) mass is 756 g/mol. The fourth-order valence-corrected chi connectivity index (χ4v) is 7.71. The van der Waals surface area contributed by atoms with Crippen molar-refractivity contribution in [3.8, 4) is 34.1 Å². The van der Waals surface area contributed by atoms with Gasteiger partial charge in [0, 0.05) is 60.7 Å². The Kier molecular flexibility index (Phi) is 8.54. The van der Waals surface area contributed by atoms with Gasteiger partial charge in [0.15, 0.2) is 11.4 Å². The van der Waals surface area contributed by atoms with Crippen LogP contribution < -0.4 is 14.2 Å². The molecule has 1 atom stereocenters. The van der Waals surface area contributed by atoms with E-state index in [0.717, 1.165) is 39.6 Å². The van der Waals surface area contributed by atoms with Crippen LogP contribution in [0.4, 0.5) is 0 Å². The van der Waals surface area contributed by atoms with Gasteiger partial charge in [0.25, 0.3) is 0 Å². The number of rotatable bonds is 6. The summed E-state index contributed by atoms with van der Waals surface area (Å²) in [5, 5.41) is 3.69. The number of carbonyl (C=O) groups is 5. The Balaban J connectivity index is 1.46. The quantitative estimate of drug-likeness (QED) is 0.0697. The lowest BCUT2D eigenvalue weighted by atomic mass is 9.75. The van der Waals surface area contributed by atoms with E-state index in [9.17, 15) is 24.0 Å². The molecule has 2 aliphatic heterocycles. The van der Waals surface area contributed by atoms with Crippen LogP contribution in [0, 0.1) is 6.92 Å². The van der Waals surface area contributed by atoms with Crippen molar-refractivity contribution in [2.75, 3.05) is 6.79 Å². The molecule has 6 aromatic carbocycles. The second-order valence-corrected chi connectivity index (χ2v) is 13.4. The minimum Gasteiger partial charge on any atom is -0.456 e. The van der Waals surface area contributed by atoms with Crippen LogP contribution in [0.1, 0.15) is 63.7 Å². The molecule has 0 fully saturated rings. The van der Waals surface area contributed by atoms with Gasteiger partial charge in [0.2, 0.25) is 6.79 Å². The number of hydrogen-bond donors (Lipinski definition) is 0. The van der Waals surface area contributed by atoms with Gasteiger partial charge in [-0.2, -0.15) is 0 Å². The van der Waals surface area contributed by atoms with Gasteiger partial charge in [0.05, 0.1) is 16.1 Å². The highest BCUT2D eigenvalue weighted by Crippen LogP contribution is 2.60. The maximum Gasteiger partial charge on any atom is 0.341 e. The molecule has 0 aromatic heterocycles. The zero-order valence-corrected chi connectivity index (χ0v) is 30.5. The lowest BCUT2D eigenvalue weighted by Crippen LogP contribution is -2.33. The molecule has 0 aliphatic carbocycles. The molecule has 55 heavy (non-hydrogen) atoms. The molecule has 1 spiro atoms. The molecule has 11 nitrogen and oxygen atoms in total. The summed E-state index contributed by atoms with van der Waals surface area (Å²) in [6.07, 6.45) is 0. The fourth-order valence-electron chi connectivity index (χ4n) is 7.51. The second kappa shape index (κ2) is 13.3. The summed E-state index contributed by atoms with van der Waals surface area (Å²) >= 11 is 6.73. The van der Waals surface area contributed by atoms with Crippen molar-refractivity contribution in [3.05, 3.63) is 129 Å². The summed E-state index contributed by atoms with van der Waals surface area (Å²) in [4.78, 5) is 63.7. The van der Waals surface area contributed by atoms with Crippen LogP contribution in [0.15, 0.2) is 91.0 Å². The molecule has 0 amide bonds. The van der Waals surface area contributed by atoms with Gasteiger partial charge in [0.1, 0.15) is 17.2 Å². The van der Waals surface area contributed by atoms with Crippen molar-refractivity contribution in [1.82, 2.24) is 0 Å². The summed E-state index contributed by atoms with van der Waals surface area (Å²) < 4.78 is 34.2. The van der Waals surface area contributed by atoms with Crippen molar-refractivity contribution in [2.24, 2.45) is 0 Å². The number of carbonyl (C=O) groups excluding carboxylic acids is 5. The van der Waals surface area contributed by atoms with E-state index in [4.69, 9.17) is 40.0 Å². The maximum absolute atomic E-state index is 14.2. The number of halogens is 1. The topological polar surface area (TPSA) is 141 Å². The number of esters is 5. The molecule has 1 unspecified atom stereocenters. The van der Waals surface area contributed by atoms with E-state index in [-0.39, 0.29) is 50.3 Å². The first-order valence-electron chi connectivity index (χ1n) is 17.0. The van der Waals surface area contributed by atoms with E-state index in [0.29, 0.717) is 11.1 Å². The number of aryl methyl sites for hydroxylation is 1. The van der Waals surface area contributed by atoms with Gasteiger partial charge in [-0.15, -0.1) is 0 Å². The second-order valence-electron chi connectivity index (χ2n) is 13.0. The molecule has 2 aliphatic rings. The van der Waals surface area contributed by atoms with Gasteiger partial charge < -0.3 is 28.4 Å². The van der Waals surface area contributed by atoms with Crippen molar-refractivity contribution >= 4 is 63.0 Å². The van der Waals surface area contributed by atoms with E-state index in [1.165, 1.54) is 32.0 Å². The Hall–Kier alpha value is -6.72. The van der Waals surface area contributed by atoms with E-state index in [1.54, 1.807) is 24.3 Å². The molecule has 2 heterocycles. The number of hydrogen-bond acceptors (Lipinski definition) is 11. The van der Waals surface area contributed by atoms with Crippen molar-refractivity contribution in [2.45, 2.75) is 33.3 Å². The van der Waals surface area contributed by atoms with Gasteiger partial charge in [-0.05, 0) is 52.2 Å². The highest BCUT2D eigenvalue weighted by molar-refractivity contribution is 6.32. The molecule has 6 aromatic rings. The predicted octanol–water partition coefficient (Wildman–Crippen LogP) is 8.72. The smallest absolute Gasteiger partial charge is 0.341 e. The highest BCUT2D eigenvalue weighted by Gasteiger charge is 2.55. The average Bonchev–Trinajstić information content (AvgIpc) is 3.44. The summed E-state index contributed by atoms with van der Waals surface area (Å²) in [5.74, 6) is -3.33. The van der Waals surface area contributed by atoms with Gasteiger partial charge in [-0.1, -0.05) is 72.3 Å². The Bertz CT molecular complexity index is 2640. The van der Waals surface area contributed by atoms with Crippen LogP contribution in [0.3, 0.4) is 0 Å². The third-order valence-corrected chi connectivity index (χ3v) is 9.93. The third kappa shape index (κ3) is 5.71. The van der Waals surface area contributed by atoms with E-state index in [1.807, 2.05) is 55.5 Å². The minimum atomic E-state index is -1.82. The SMILES string of the molecule is CC(=O)OCOC(=O)c1cccc2c1C(=O)OC21c2cc(Cl)c(OC(C)=O)cc2Oc2cc(OC(C)=O)c(-c3c4ccccc4c(C)c4ccccc34)cc21. The Morgan fingerprint density at radius 3 is 1.85 bits per heavy atom. The molecule has 0 N–H and O–H groups in total. The fraction of sp³-hybridized carbons (Fsp3) is 0.140. The van der Waals surface area contributed by atoms with Crippen LogP contribution in [-0.4, -0.2) is 36.6 Å². The highest BCUT2D eigenvalue weighted by atomic mass is 35.5. The lowest BCUT2D eigenvalue weighted by molar-refractivity contribution is -0.149. The van der Waals surface area contributed by atoms with Gasteiger partial charge >= 0.3 is 29.8 Å². The Labute approximate surface area is 318 Å². The zero-order chi connectivity index (χ0) is 38.8. The summed E-state index contributed by atoms with van der Waals surface area (Å²) in [6, 6.07) is 26.5. The number of ether oxygens (including phenoxy) is 6. The van der Waals surface area contributed by atoms with Crippen molar-refractivity contribution < 1.29 is 52.4 Å². The molecule has 8 rings (SSSR count). The van der Waals surface area contributed by atoms with Crippen LogP contribution in [-0.2, 0) is 34.2 Å². The maximum atomic E-state index is 14.2. The lowest BCUT2D eigenvalue weighted by Gasteiger charge is -2.37. The van der Waals surface area contributed by atoms with Gasteiger partial charge in [-0.25, -0.2) is 9.59 Å². The molecule has 0 radical (unpaired) electrons. The first-order valence-corrected chi connectivity index (χ1v) is 17.4. The van der Waals surface area contributed by atoms with Crippen LogP contribution >= 0.6 is 11.6 Å². The largest absolute Gasteiger partial charge is 0.456 e. The van der Waals surface area contributed by atoms with E-state index in [2.05, 4.69) is 0 Å².